The Labute approximate surface area is 184 Å². The minimum Gasteiger partial charge on any atom is -0.475 e. The Hall–Kier alpha value is -2.30. The highest BCUT2D eigenvalue weighted by atomic mass is 19.4. The van der Waals surface area contributed by atoms with Gasteiger partial charge in [0.2, 0.25) is 0 Å². The van der Waals surface area contributed by atoms with Crippen LogP contribution in [0.3, 0.4) is 0 Å². The van der Waals surface area contributed by atoms with E-state index in [0.717, 1.165) is 56.7 Å². The van der Waals surface area contributed by atoms with Crippen LogP contribution in [0.2, 0.25) is 0 Å². The zero-order valence-electron chi connectivity index (χ0n) is 18.2. The molecule has 180 valence electrons. The Kier molecular flexibility index (Phi) is 7.68. The molecule has 1 aromatic rings. The van der Waals surface area contributed by atoms with Crippen LogP contribution >= 0.6 is 0 Å². The topological polar surface area (TPSA) is 108 Å². The third-order valence-corrected chi connectivity index (χ3v) is 6.56. The van der Waals surface area contributed by atoms with Gasteiger partial charge in [-0.05, 0) is 82.9 Å². The minimum atomic E-state index is -5.08. The normalized spacial score (nSPS) is 21.5. The highest BCUT2D eigenvalue weighted by Gasteiger charge is 2.46. The molecule has 2 heterocycles. The van der Waals surface area contributed by atoms with Crippen molar-refractivity contribution in [2.75, 3.05) is 13.1 Å². The van der Waals surface area contributed by atoms with Crippen LogP contribution in [0, 0.1) is 12.3 Å². The van der Waals surface area contributed by atoms with Gasteiger partial charge in [-0.25, -0.2) is 9.59 Å². The molecule has 1 aromatic heterocycles. The van der Waals surface area contributed by atoms with Gasteiger partial charge in [0.25, 0.3) is 0 Å². The number of nitrogens with zero attached hydrogens (tertiary/aromatic N) is 2. The van der Waals surface area contributed by atoms with Crippen LogP contribution in [0.5, 0.6) is 0 Å². The standard InChI is InChI=1S/C19H30N4O2.C2HF3O2/c1-14-10-15(22-21-14)13-23-8-6-19(7-9-23)11-16(12-19)20-18(24)25-17-4-2-3-5-17;3-2(4,5)1(6)7/h10,16-17H,2-9,11-13H2,1H3,(H,20,24)(H,21,22);(H,6,7). The van der Waals surface area contributed by atoms with Crippen molar-refractivity contribution in [2.24, 2.45) is 5.41 Å². The van der Waals surface area contributed by atoms with Gasteiger partial charge in [-0.2, -0.15) is 18.3 Å². The fraction of sp³-hybridized carbons (Fsp3) is 0.762. The SMILES string of the molecule is Cc1cc(CN2CCC3(CC2)CC(NC(=O)OC2CCCC2)C3)n[nH]1.O=C(O)C(F)(F)F. The van der Waals surface area contributed by atoms with E-state index in [4.69, 9.17) is 14.6 Å². The van der Waals surface area contributed by atoms with Gasteiger partial charge in [0.15, 0.2) is 0 Å². The number of aryl methyl sites for hydroxylation is 1. The molecule has 0 aromatic carbocycles. The van der Waals surface area contributed by atoms with Crippen molar-refractivity contribution >= 4 is 12.1 Å². The number of hydrogen-bond donors (Lipinski definition) is 3. The number of carboxylic acid groups (broad SMARTS) is 1. The summed E-state index contributed by atoms with van der Waals surface area (Å²) < 4.78 is 37.2. The Morgan fingerprint density at radius 3 is 2.38 bits per heavy atom. The molecule has 0 unspecified atom stereocenters. The largest absolute Gasteiger partial charge is 0.490 e. The number of halogens is 3. The second kappa shape index (κ2) is 10.1. The number of aromatic nitrogens is 2. The van der Waals surface area contributed by atoms with Crippen LogP contribution in [-0.4, -0.2) is 63.7 Å². The molecule has 2 saturated carbocycles. The molecular formula is C21H31F3N4O4. The van der Waals surface area contributed by atoms with Crippen molar-refractivity contribution in [1.29, 1.82) is 0 Å². The van der Waals surface area contributed by atoms with E-state index in [0.29, 0.717) is 11.5 Å². The zero-order valence-corrected chi connectivity index (χ0v) is 18.2. The van der Waals surface area contributed by atoms with Gasteiger partial charge in [-0.3, -0.25) is 10.00 Å². The zero-order chi connectivity index (χ0) is 23.4. The molecule has 3 fully saturated rings. The van der Waals surface area contributed by atoms with Crippen LogP contribution in [0.1, 0.15) is 62.8 Å². The summed E-state index contributed by atoms with van der Waals surface area (Å²) >= 11 is 0. The van der Waals surface area contributed by atoms with Gasteiger partial charge >= 0.3 is 18.2 Å². The maximum Gasteiger partial charge on any atom is 0.490 e. The number of alkyl halides is 3. The molecule has 0 radical (unpaired) electrons. The first-order chi connectivity index (χ1) is 15.0. The number of amides is 1. The van der Waals surface area contributed by atoms with Gasteiger partial charge in [0.1, 0.15) is 6.10 Å². The summed E-state index contributed by atoms with van der Waals surface area (Å²) in [6.07, 6.45) is 4.02. The van der Waals surface area contributed by atoms with E-state index in [1.807, 2.05) is 6.92 Å². The number of carboxylic acids is 1. The van der Waals surface area contributed by atoms with E-state index in [1.54, 1.807) is 0 Å². The number of hydrogen-bond acceptors (Lipinski definition) is 5. The molecule has 3 N–H and O–H groups in total. The molecule has 1 spiro atoms. The van der Waals surface area contributed by atoms with Crippen molar-refractivity contribution in [3.63, 3.8) is 0 Å². The predicted octanol–water partition coefficient (Wildman–Crippen LogP) is 3.76. The van der Waals surface area contributed by atoms with E-state index in [9.17, 15) is 18.0 Å². The lowest BCUT2D eigenvalue weighted by atomic mass is 9.60. The minimum absolute atomic E-state index is 0.156. The van der Waals surface area contributed by atoms with Crippen molar-refractivity contribution in [3.8, 4) is 0 Å². The number of aromatic amines is 1. The highest BCUT2D eigenvalue weighted by molar-refractivity contribution is 5.73. The van der Waals surface area contributed by atoms with Crippen molar-refractivity contribution in [1.82, 2.24) is 20.4 Å². The summed E-state index contributed by atoms with van der Waals surface area (Å²) in [7, 11) is 0. The smallest absolute Gasteiger partial charge is 0.475 e. The van der Waals surface area contributed by atoms with Crippen LogP contribution in [0.15, 0.2) is 6.07 Å². The number of carbonyl (C=O) groups excluding carboxylic acids is 1. The highest BCUT2D eigenvalue weighted by Crippen LogP contribution is 2.49. The first-order valence-corrected chi connectivity index (χ1v) is 11.1. The van der Waals surface area contributed by atoms with E-state index >= 15 is 0 Å². The number of carbonyl (C=O) groups is 2. The Balaban J connectivity index is 0.000000360. The fourth-order valence-corrected chi connectivity index (χ4v) is 4.82. The summed E-state index contributed by atoms with van der Waals surface area (Å²) in [4.78, 5) is 23.4. The van der Waals surface area contributed by atoms with Gasteiger partial charge in [0.05, 0.1) is 5.69 Å². The molecule has 0 bridgehead atoms. The van der Waals surface area contributed by atoms with Gasteiger partial charge < -0.3 is 15.2 Å². The molecule has 2 aliphatic carbocycles. The van der Waals surface area contributed by atoms with Crippen molar-refractivity contribution < 1.29 is 32.6 Å². The van der Waals surface area contributed by atoms with E-state index < -0.39 is 12.1 Å². The first kappa shape index (κ1) is 24.3. The van der Waals surface area contributed by atoms with Gasteiger partial charge in [0, 0.05) is 18.3 Å². The number of ether oxygens (including phenoxy) is 1. The maximum atomic E-state index is 12.0. The molecule has 32 heavy (non-hydrogen) atoms. The number of piperidine rings is 1. The molecule has 11 heteroatoms. The first-order valence-electron chi connectivity index (χ1n) is 11.1. The van der Waals surface area contributed by atoms with Crippen LogP contribution in [0.25, 0.3) is 0 Å². The summed E-state index contributed by atoms with van der Waals surface area (Å²) in [5, 5.41) is 17.6. The van der Waals surface area contributed by atoms with E-state index in [2.05, 4.69) is 26.5 Å². The lowest BCUT2D eigenvalue weighted by Gasteiger charge is -2.52. The molecule has 4 rings (SSSR count). The predicted molar refractivity (Wildman–Crippen MR) is 109 cm³/mol. The number of rotatable bonds is 4. The van der Waals surface area contributed by atoms with Crippen LogP contribution in [0.4, 0.5) is 18.0 Å². The number of likely N-dealkylation sites (tertiary alicyclic amines) is 1. The summed E-state index contributed by atoms with van der Waals surface area (Å²) in [6, 6.07) is 2.44. The second-order valence-corrected chi connectivity index (χ2v) is 9.18. The Morgan fingerprint density at radius 2 is 1.88 bits per heavy atom. The molecule has 1 saturated heterocycles. The van der Waals surface area contributed by atoms with Crippen LogP contribution < -0.4 is 5.32 Å². The average Bonchev–Trinajstić information content (AvgIpc) is 3.33. The van der Waals surface area contributed by atoms with Gasteiger partial charge in [-0.15, -0.1) is 0 Å². The van der Waals surface area contributed by atoms with E-state index in [1.165, 1.54) is 25.7 Å². The molecule has 8 nitrogen and oxygen atoms in total. The summed E-state index contributed by atoms with van der Waals surface area (Å²) in [5.41, 5.74) is 2.71. The quantitative estimate of drug-likeness (QED) is 0.632. The second-order valence-electron chi connectivity index (χ2n) is 9.18. The molecule has 0 atom stereocenters. The summed E-state index contributed by atoms with van der Waals surface area (Å²) in [5.74, 6) is -2.76. The average molecular weight is 460 g/mol. The Morgan fingerprint density at radius 1 is 1.28 bits per heavy atom. The molecular weight excluding hydrogens is 429 g/mol. The third-order valence-electron chi connectivity index (χ3n) is 6.56. The van der Waals surface area contributed by atoms with Crippen LogP contribution in [-0.2, 0) is 16.1 Å². The molecule has 3 aliphatic rings. The molecule has 1 aliphatic heterocycles. The van der Waals surface area contributed by atoms with E-state index in [-0.39, 0.29) is 12.2 Å². The summed E-state index contributed by atoms with van der Waals surface area (Å²) in [6.45, 7) is 5.24. The maximum absolute atomic E-state index is 12.0. The monoisotopic (exact) mass is 460 g/mol. The number of aliphatic carboxylic acids is 1. The number of H-pyrrole nitrogens is 1. The third kappa shape index (κ3) is 6.85. The number of alkyl carbamates (subject to hydrolysis) is 1. The lowest BCUT2D eigenvalue weighted by Crippen LogP contribution is -2.55. The van der Waals surface area contributed by atoms with Gasteiger partial charge in [-0.1, -0.05) is 0 Å². The Bertz CT molecular complexity index is 776. The van der Waals surface area contributed by atoms with Crippen molar-refractivity contribution in [2.45, 2.75) is 83.2 Å². The molecule has 1 amide bonds. The van der Waals surface area contributed by atoms with Crippen molar-refractivity contribution in [3.05, 3.63) is 17.5 Å². The lowest BCUT2D eigenvalue weighted by molar-refractivity contribution is -0.192. The number of nitrogens with one attached hydrogen (secondary N) is 2. The fourth-order valence-electron chi connectivity index (χ4n) is 4.82.